The van der Waals surface area contributed by atoms with Crippen LogP contribution in [0.4, 0.5) is 5.82 Å². The SMILES string of the molecule is CC=C(C=CC(CC)C1(NC)CCC1)c1nc(NC(C)C)c(C)cc1-c1ccccc1. The maximum atomic E-state index is 5.13. The highest BCUT2D eigenvalue weighted by atomic mass is 15.0. The third-order valence-corrected chi connectivity index (χ3v) is 6.71. The molecule has 2 aromatic rings. The molecule has 3 rings (SSSR count). The summed E-state index contributed by atoms with van der Waals surface area (Å²) in [7, 11) is 2.12. The Bertz CT molecular complexity index is 915. The maximum Gasteiger partial charge on any atom is 0.129 e. The van der Waals surface area contributed by atoms with Crippen LogP contribution < -0.4 is 10.6 Å². The van der Waals surface area contributed by atoms with Crippen LogP contribution in [0.1, 0.15) is 64.6 Å². The van der Waals surface area contributed by atoms with Crippen molar-refractivity contribution in [3.63, 3.8) is 0 Å². The zero-order valence-corrected chi connectivity index (χ0v) is 20.1. The van der Waals surface area contributed by atoms with Crippen LogP contribution in [-0.2, 0) is 0 Å². The van der Waals surface area contributed by atoms with E-state index in [2.05, 4.69) is 107 Å². The van der Waals surface area contributed by atoms with Crippen LogP contribution in [-0.4, -0.2) is 23.6 Å². The molecule has 1 aliphatic rings. The zero-order valence-electron chi connectivity index (χ0n) is 20.1. The van der Waals surface area contributed by atoms with Gasteiger partial charge in [0.2, 0.25) is 0 Å². The lowest BCUT2D eigenvalue weighted by atomic mass is 9.67. The van der Waals surface area contributed by atoms with Crippen molar-refractivity contribution < 1.29 is 0 Å². The second kappa shape index (κ2) is 10.3. The molecule has 3 nitrogen and oxygen atoms in total. The van der Waals surface area contributed by atoms with Crippen molar-refractivity contribution in [2.24, 2.45) is 5.92 Å². The van der Waals surface area contributed by atoms with E-state index in [1.165, 1.54) is 41.5 Å². The normalized spacial score (nSPS) is 17.1. The fourth-order valence-electron chi connectivity index (χ4n) is 4.70. The molecule has 1 fully saturated rings. The summed E-state index contributed by atoms with van der Waals surface area (Å²) >= 11 is 0. The molecule has 1 aliphatic carbocycles. The summed E-state index contributed by atoms with van der Waals surface area (Å²) in [6.45, 7) is 10.9. The molecule has 166 valence electrons. The summed E-state index contributed by atoms with van der Waals surface area (Å²) in [4.78, 5) is 5.13. The molecule has 0 radical (unpaired) electrons. The first-order chi connectivity index (χ1) is 14.9. The van der Waals surface area contributed by atoms with Gasteiger partial charge < -0.3 is 10.6 Å². The first kappa shape index (κ1) is 23.3. The van der Waals surface area contributed by atoms with Crippen molar-refractivity contribution in [3.05, 3.63) is 65.9 Å². The maximum absolute atomic E-state index is 5.13. The molecule has 31 heavy (non-hydrogen) atoms. The van der Waals surface area contributed by atoms with E-state index in [4.69, 9.17) is 4.98 Å². The van der Waals surface area contributed by atoms with Crippen LogP contribution in [0, 0.1) is 12.8 Å². The number of nitrogens with one attached hydrogen (secondary N) is 2. The molecule has 1 unspecified atom stereocenters. The monoisotopic (exact) mass is 417 g/mol. The third-order valence-electron chi connectivity index (χ3n) is 6.71. The van der Waals surface area contributed by atoms with E-state index in [1.54, 1.807) is 0 Å². The van der Waals surface area contributed by atoms with Crippen LogP contribution in [0.2, 0.25) is 0 Å². The highest BCUT2D eigenvalue weighted by Crippen LogP contribution is 2.41. The van der Waals surface area contributed by atoms with Gasteiger partial charge in [-0.3, -0.25) is 0 Å². The van der Waals surface area contributed by atoms with E-state index in [1.807, 2.05) is 0 Å². The van der Waals surface area contributed by atoms with E-state index in [0.717, 1.165) is 17.9 Å². The van der Waals surface area contributed by atoms with Crippen LogP contribution in [0.5, 0.6) is 0 Å². The van der Waals surface area contributed by atoms with Gasteiger partial charge in [-0.2, -0.15) is 0 Å². The van der Waals surface area contributed by atoms with Gasteiger partial charge in [-0.05, 0) is 89.1 Å². The molecule has 0 spiro atoms. The number of anilines is 1. The molecule has 1 aromatic carbocycles. The second-order valence-corrected chi connectivity index (χ2v) is 9.09. The lowest BCUT2D eigenvalue weighted by Crippen LogP contribution is -2.54. The molecule has 0 saturated heterocycles. The molecule has 0 bridgehead atoms. The van der Waals surface area contributed by atoms with Gasteiger partial charge in [0.25, 0.3) is 0 Å². The van der Waals surface area contributed by atoms with Gasteiger partial charge in [0, 0.05) is 17.1 Å². The first-order valence-electron chi connectivity index (χ1n) is 11.8. The van der Waals surface area contributed by atoms with Crippen LogP contribution in [0.3, 0.4) is 0 Å². The van der Waals surface area contributed by atoms with E-state index < -0.39 is 0 Å². The average molecular weight is 418 g/mol. The zero-order chi connectivity index (χ0) is 22.4. The van der Waals surface area contributed by atoms with E-state index >= 15 is 0 Å². The first-order valence-corrected chi connectivity index (χ1v) is 11.8. The quantitative estimate of drug-likeness (QED) is 0.431. The van der Waals surface area contributed by atoms with Crippen molar-refractivity contribution in [2.75, 3.05) is 12.4 Å². The third kappa shape index (κ3) is 5.10. The Kier molecular flexibility index (Phi) is 7.72. The number of allylic oxidation sites excluding steroid dienone is 3. The van der Waals surface area contributed by atoms with Gasteiger partial charge in [-0.25, -0.2) is 4.98 Å². The van der Waals surface area contributed by atoms with E-state index in [9.17, 15) is 0 Å². The lowest BCUT2D eigenvalue weighted by Gasteiger charge is -2.47. The van der Waals surface area contributed by atoms with Crippen molar-refractivity contribution in [1.29, 1.82) is 0 Å². The topological polar surface area (TPSA) is 37.0 Å². The Hall–Kier alpha value is -2.39. The summed E-state index contributed by atoms with van der Waals surface area (Å²) in [6.07, 6.45) is 11.9. The van der Waals surface area contributed by atoms with Crippen LogP contribution in [0.25, 0.3) is 16.7 Å². The number of pyridine rings is 1. The predicted octanol–water partition coefficient (Wildman–Crippen LogP) is 7.01. The number of aryl methyl sites for hydroxylation is 1. The largest absolute Gasteiger partial charge is 0.368 e. The molecule has 1 saturated carbocycles. The minimum Gasteiger partial charge on any atom is -0.368 e. The molecule has 0 amide bonds. The Morgan fingerprint density at radius 3 is 2.42 bits per heavy atom. The number of benzene rings is 1. The summed E-state index contributed by atoms with van der Waals surface area (Å²) in [6, 6.07) is 13.2. The molecule has 1 atom stereocenters. The van der Waals surface area contributed by atoms with Crippen molar-refractivity contribution in [3.8, 4) is 11.1 Å². The Balaban J connectivity index is 2.04. The summed E-state index contributed by atoms with van der Waals surface area (Å²) < 4.78 is 0. The summed E-state index contributed by atoms with van der Waals surface area (Å²) in [5.41, 5.74) is 6.04. The van der Waals surface area contributed by atoms with Crippen molar-refractivity contribution >= 4 is 11.4 Å². The standard InChI is InChI=1S/C28H39N3/c1-7-22(15-16-24(8-2)28(29-6)17-12-18-28)26-25(23-13-10-9-11-14-23)19-21(5)27(31-26)30-20(3)4/h7,9-11,13-16,19-20,24,29H,8,12,17-18H2,1-6H3,(H,30,31). The molecular formula is C28H39N3. The molecule has 3 heteroatoms. The number of rotatable bonds is 9. The number of aromatic nitrogens is 1. The number of hydrogen-bond donors (Lipinski definition) is 2. The Morgan fingerprint density at radius 2 is 1.90 bits per heavy atom. The molecule has 1 aromatic heterocycles. The van der Waals surface area contributed by atoms with Gasteiger partial charge in [0.15, 0.2) is 0 Å². The van der Waals surface area contributed by atoms with Crippen molar-refractivity contribution in [1.82, 2.24) is 10.3 Å². The Morgan fingerprint density at radius 1 is 1.19 bits per heavy atom. The Labute approximate surface area is 189 Å². The minimum atomic E-state index is 0.261. The summed E-state index contributed by atoms with van der Waals surface area (Å²) in [5.74, 6) is 1.50. The second-order valence-electron chi connectivity index (χ2n) is 9.09. The lowest BCUT2D eigenvalue weighted by molar-refractivity contribution is 0.137. The molecule has 1 heterocycles. The number of hydrogen-bond acceptors (Lipinski definition) is 3. The van der Waals surface area contributed by atoms with E-state index in [-0.39, 0.29) is 5.54 Å². The van der Waals surface area contributed by atoms with Gasteiger partial charge in [0.05, 0.1) is 5.69 Å². The van der Waals surface area contributed by atoms with Gasteiger partial charge in [-0.1, -0.05) is 55.5 Å². The predicted molar refractivity (Wildman–Crippen MR) is 135 cm³/mol. The van der Waals surface area contributed by atoms with Gasteiger partial charge >= 0.3 is 0 Å². The average Bonchev–Trinajstić information content (AvgIpc) is 2.74. The highest BCUT2D eigenvalue weighted by Gasteiger charge is 2.40. The van der Waals surface area contributed by atoms with E-state index in [0.29, 0.717) is 12.0 Å². The fraction of sp³-hybridized carbons (Fsp3) is 0.464. The van der Waals surface area contributed by atoms with Crippen LogP contribution >= 0.6 is 0 Å². The summed E-state index contributed by atoms with van der Waals surface area (Å²) in [5, 5.41) is 7.15. The molecule has 2 N–H and O–H groups in total. The van der Waals surface area contributed by atoms with Crippen molar-refractivity contribution in [2.45, 2.75) is 71.9 Å². The highest BCUT2D eigenvalue weighted by molar-refractivity contribution is 5.85. The molecule has 0 aliphatic heterocycles. The minimum absolute atomic E-state index is 0.261. The van der Waals surface area contributed by atoms with Gasteiger partial charge in [0.1, 0.15) is 5.82 Å². The van der Waals surface area contributed by atoms with Crippen LogP contribution in [0.15, 0.2) is 54.6 Å². The molecular weight excluding hydrogens is 378 g/mol. The smallest absolute Gasteiger partial charge is 0.129 e. The fourth-order valence-corrected chi connectivity index (χ4v) is 4.70. The van der Waals surface area contributed by atoms with Gasteiger partial charge in [-0.15, -0.1) is 0 Å². The number of nitrogens with zero attached hydrogens (tertiary/aromatic N) is 1.